The van der Waals surface area contributed by atoms with E-state index in [1.54, 1.807) is 49.5 Å². The largest absolute Gasteiger partial charge is 0.497 e. The van der Waals surface area contributed by atoms with Crippen LogP contribution < -0.4 is 25.6 Å². The fourth-order valence-electron chi connectivity index (χ4n) is 2.00. The summed E-state index contributed by atoms with van der Waals surface area (Å²) in [5.74, 6) is 0.660. The van der Waals surface area contributed by atoms with Crippen LogP contribution in [0.3, 0.4) is 0 Å². The number of nitrogens with one attached hydrogen (secondary N) is 3. The predicted molar refractivity (Wildman–Crippen MR) is 96.8 cm³/mol. The number of pyridine rings is 1. The molecule has 8 nitrogen and oxygen atoms in total. The van der Waals surface area contributed by atoms with Gasteiger partial charge in [0.1, 0.15) is 17.3 Å². The maximum absolute atomic E-state index is 12.2. The smallest absolute Gasteiger partial charge is 0.269 e. The second kappa shape index (κ2) is 9.07. The number of ether oxygens (including phenoxy) is 2. The Bertz CT molecular complexity index is 784. The maximum atomic E-state index is 12.2. The standard InChI is InChI=1S/C18H20N4O4/c1-12(8-17(23)20-16-6-4-5-7-19-16)21-22-18(24)13-9-14(25-2)11-15(10-13)26-3/h4-11,21H,1-3H3,(H,22,24)(H,19,20,23)/b12-8+. The molecule has 0 unspecified atom stereocenters. The molecule has 2 rings (SSSR count). The lowest BCUT2D eigenvalue weighted by molar-refractivity contribution is -0.112. The highest BCUT2D eigenvalue weighted by Crippen LogP contribution is 2.22. The number of rotatable bonds is 7. The summed E-state index contributed by atoms with van der Waals surface area (Å²) >= 11 is 0. The number of allylic oxidation sites excluding steroid dienone is 1. The van der Waals surface area contributed by atoms with E-state index < -0.39 is 5.91 Å². The second-order valence-corrected chi connectivity index (χ2v) is 5.21. The molecule has 0 fully saturated rings. The molecule has 3 N–H and O–H groups in total. The third-order valence-corrected chi connectivity index (χ3v) is 3.25. The zero-order valence-corrected chi connectivity index (χ0v) is 14.7. The monoisotopic (exact) mass is 356 g/mol. The van der Waals surface area contributed by atoms with Crippen molar-refractivity contribution < 1.29 is 19.1 Å². The number of aromatic nitrogens is 1. The quantitative estimate of drug-likeness (QED) is 0.517. The Hall–Kier alpha value is -3.55. The van der Waals surface area contributed by atoms with Gasteiger partial charge in [-0.25, -0.2) is 4.98 Å². The molecule has 26 heavy (non-hydrogen) atoms. The Morgan fingerprint density at radius 2 is 1.73 bits per heavy atom. The molecule has 0 spiro atoms. The molecule has 0 saturated heterocycles. The number of carbonyl (C=O) groups excluding carboxylic acids is 2. The Labute approximate surface area is 151 Å². The van der Waals surface area contributed by atoms with Crippen LogP contribution >= 0.6 is 0 Å². The lowest BCUT2D eigenvalue weighted by Crippen LogP contribution is -2.36. The number of benzene rings is 1. The molecular formula is C18H20N4O4. The Kier molecular flexibility index (Phi) is 6.55. The van der Waals surface area contributed by atoms with E-state index in [1.807, 2.05) is 0 Å². The molecule has 0 aliphatic heterocycles. The summed E-state index contributed by atoms with van der Waals surface area (Å²) in [5, 5.41) is 2.61. The number of hydrazine groups is 1. The third kappa shape index (κ3) is 5.52. The minimum absolute atomic E-state index is 0.347. The number of nitrogens with zero attached hydrogens (tertiary/aromatic N) is 1. The Balaban J connectivity index is 1.94. The highest BCUT2D eigenvalue weighted by Gasteiger charge is 2.10. The SMILES string of the molecule is COc1cc(OC)cc(C(=O)NN/C(C)=C/C(=O)Nc2ccccn2)c1. The fraction of sp³-hybridized carbons (Fsp3) is 0.167. The number of methoxy groups -OCH3 is 2. The molecule has 2 amide bonds. The summed E-state index contributed by atoms with van der Waals surface area (Å²) in [6.07, 6.45) is 2.88. The van der Waals surface area contributed by atoms with E-state index in [1.165, 1.54) is 20.3 Å². The molecule has 1 aromatic carbocycles. The predicted octanol–water partition coefficient (Wildman–Crippen LogP) is 1.88. The van der Waals surface area contributed by atoms with Crippen molar-refractivity contribution in [3.8, 4) is 11.5 Å². The minimum atomic E-state index is -0.403. The summed E-state index contributed by atoms with van der Waals surface area (Å²) < 4.78 is 10.3. The summed E-state index contributed by atoms with van der Waals surface area (Å²) in [6.45, 7) is 1.64. The van der Waals surface area contributed by atoms with Gasteiger partial charge in [-0.3, -0.25) is 15.0 Å². The van der Waals surface area contributed by atoms with E-state index >= 15 is 0 Å². The van der Waals surface area contributed by atoms with Gasteiger partial charge in [-0.05, 0) is 31.2 Å². The van der Waals surface area contributed by atoms with Crippen molar-refractivity contribution in [3.05, 3.63) is 59.9 Å². The molecule has 1 aromatic heterocycles. The van der Waals surface area contributed by atoms with E-state index in [0.717, 1.165) is 0 Å². The molecule has 136 valence electrons. The first-order valence-corrected chi connectivity index (χ1v) is 7.71. The molecule has 1 heterocycles. The van der Waals surface area contributed by atoms with Crippen molar-refractivity contribution >= 4 is 17.6 Å². The number of amides is 2. The Morgan fingerprint density at radius 3 is 2.31 bits per heavy atom. The van der Waals surface area contributed by atoms with Crippen molar-refractivity contribution in [2.75, 3.05) is 19.5 Å². The van der Waals surface area contributed by atoms with Gasteiger partial charge >= 0.3 is 0 Å². The van der Waals surface area contributed by atoms with E-state index in [0.29, 0.717) is 28.6 Å². The highest BCUT2D eigenvalue weighted by molar-refractivity contribution is 5.99. The van der Waals surface area contributed by atoms with Crippen molar-refractivity contribution in [2.24, 2.45) is 0 Å². The molecular weight excluding hydrogens is 336 g/mol. The fourth-order valence-corrected chi connectivity index (χ4v) is 2.00. The molecule has 0 atom stereocenters. The number of anilines is 1. The third-order valence-electron chi connectivity index (χ3n) is 3.25. The van der Waals surface area contributed by atoms with Gasteiger partial charge in [0, 0.05) is 29.6 Å². The molecule has 0 saturated carbocycles. The zero-order chi connectivity index (χ0) is 18.9. The van der Waals surface area contributed by atoms with Crippen LogP contribution in [0.2, 0.25) is 0 Å². The minimum Gasteiger partial charge on any atom is -0.497 e. The summed E-state index contributed by atoms with van der Waals surface area (Å²) in [4.78, 5) is 28.1. The lowest BCUT2D eigenvalue weighted by atomic mass is 10.2. The molecule has 2 aromatic rings. The zero-order valence-electron chi connectivity index (χ0n) is 14.7. The van der Waals surface area contributed by atoms with Crippen molar-refractivity contribution in [3.63, 3.8) is 0 Å². The van der Waals surface area contributed by atoms with E-state index in [-0.39, 0.29) is 5.91 Å². The molecule has 0 aliphatic carbocycles. The van der Waals surface area contributed by atoms with Crippen LogP contribution in [-0.2, 0) is 4.79 Å². The average Bonchev–Trinajstić information content (AvgIpc) is 2.66. The summed E-state index contributed by atoms with van der Waals surface area (Å²) in [6, 6.07) is 10.0. The van der Waals surface area contributed by atoms with Gasteiger partial charge in [-0.15, -0.1) is 0 Å². The Morgan fingerprint density at radius 1 is 1.04 bits per heavy atom. The van der Waals surface area contributed by atoms with Crippen molar-refractivity contribution in [1.29, 1.82) is 0 Å². The number of hydrogen-bond donors (Lipinski definition) is 3. The second-order valence-electron chi connectivity index (χ2n) is 5.21. The lowest BCUT2D eigenvalue weighted by Gasteiger charge is -2.11. The first-order valence-electron chi connectivity index (χ1n) is 7.71. The van der Waals surface area contributed by atoms with Gasteiger partial charge in [0.15, 0.2) is 0 Å². The van der Waals surface area contributed by atoms with E-state index in [9.17, 15) is 9.59 Å². The number of hydrogen-bond acceptors (Lipinski definition) is 6. The van der Waals surface area contributed by atoms with Crippen LogP contribution in [0.5, 0.6) is 11.5 Å². The molecule has 8 heteroatoms. The van der Waals surface area contributed by atoms with Crippen molar-refractivity contribution in [1.82, 2.24) is 15.8 Å². The summed E-state index contributed by atoms with van der Waals surface area (Å²) in [7, 11) is 3.00. The van der Waals surface area contributed by atoms with Gasteiger partial charge < -0.3 is 20.2 Å². The molecule has 0 aliphatic rings. The van der Waals surface area contributed by atoms with Crippen LogP contribution in [-0.4, -0.2) is 31.0 Å². The van der Waals surface area contributed by atoms with Gasteiger partial charge in [0.05, 0.1) is 14.2 Å². The summed E-state index contributed by atoms with van der Waals surface area (Å²) in [5.41, 5.74) is 5.97. The molecule has 0 bridgehead atoms. The maximum Gasteiger partial charge on any atom is 0.269 e. The first kappa shape index (κ1) is 18.8. The van der Waals surface area contributed by atoms with Gasteiger partial charge in [0.25, 0.3) is 11.8 Å². The normalized spacial score (nSPS) is 10.7. The van der Waals surface area contributed by atoms with Gasteiger partial charge in [0.2, 0.25) is 0 Å². The average molecular weight is 356 g/mol. The number of carbonyl (C=O) groups is 2. The van der Waals surface area contributed by atoms with E-state index in [4.69, 9.17) is 9.47 Å². The van der Waals surface area contributed by atoms with Crippen LogP contribution in [0, 0.1) is 0 Å². The van der Waals surface area contributed by atoms with Crippen LogP contribution in [0.25, 0.3) is 0 Å². The topological polar surface area (TPSA) is 102 Å². The first-order chi connectivity index (χ1) is 12.5. The molecule has 0 radical (unpaired) electrons. The van der Waals surface area contributed by atoms with Crippen LogP contribution in [0.1, 0.15) is 17.3 Å². The van der Waals surface area contributed by atoms with Crippen LogP contribution in [0.4, 0.5) is 5.82 Å². The van der Waals surface area contributed by atoms with E-state index in [2.05, 4.69) is 21.2 Å². The van der Waals surface area contributed by atoms with Gasteiger partial charge in [-0.1, -0.05) is 6.07 Å². The van der Waals surface area contributed by atoms with Crippen molar-refractivity contribution in [2.45, 2.75) is 6.92 Å². The highest BCUT2D eigenvalue weighted by atomic mass is 16.5. The van der Waals surface area contributed by atoms with Crippen LogP contribution in [0.15, 0.2) is 54.4 Å². The van der Waals surface area contributed by atoms with Gasteiger partial charge in [-0.2, -0.15) is 0 Å².